The Morgan fingerprint density at radius 3 is 2.70 bits per heavy atom. The standard InChI is InChI=1S/C15H10ClN3O/c16-11-7-12(14-13(8-11)18-4-5-19-14)9-2-1-3-10(6-9)15(17)20/h1-8H,(H2,17,20). The predicted octanol–water partition coefficient (Wildman–Crippen LogP) is 3.05. The summed E-state index contributed by atoms with van der Waals surface area (Å²) < 4.78 is 0. The van der Waals surface area contributed by atoms with Crippen LogP contribution in [-0.2, 0) is 0 Å². The van der Waals surface area contributed by atoms with Crippen LogP contribution < -0.4 is 5.73 Å². The highest BCUT2D eigenvalue weighted by atomic mass is 35.5. The topological polar surface area (TPSA) is 68.9 Å². The SMILES string of the molecule is NC(=O)c1cccc(-c2cc(Cl)cc3nccnc23)c1. The van der Waals surface area contributed by atoms with E-state index in [1.807, 2.05) is 6.07 Å². The van der Waals surface area contributed by atoms with Crippen LogP contribution in [-0.4, -0.2) is 15.9 Å². The van der Waals surface area contributed by atoms with E-state index < -0.39 is 5.91 Å². The summed E-state index contributed by atoms with van der Waals surface area (Å²) in [6.07, 6.45) is 3.24. The number of hydrogen-bond donors (Lipinski definition) is 1. The molecule has 3 rings (SSSR count). The van der Waals surface area contributed by atoms with Crippen molar-refractivity contribution in [2.24, 2.45) is 5.73 Å². The summed E-state index contributed by atoms with van der Waals surface area (Å²) in [5.74, 6) is -0.468. The minimum atomic E-state index is -0.468. The van der Waals surface area contributed by atoms with Crippen molar-refractivity contribution in [2.75, 3.05) is 0 Å². The van der Waals surface area contributed by atoms with E-state index in [1.54, 1.807) is 42.7 Å². The predicted molar refractivity (Wildman–Crippen MR) is 78.5 cm³/mol. The Bertz CT molecular complexity index is 817. The second kappa shape index (κ2) is 4.90. The van der Waals surface area contributed by atoms with Gasteiger partial charge in [0.05, 0.1) is 11.0 Å². The molecular formula is C15H10ClN3O. The molecule has 4 nitrogen and oxygen atoms in total. The van der Waals surface area contributed by atoms with Crippen LogP contribution in [0, 0.1) is 0 Å². The number of nitrogens with zero attached hydrogens (tertiary/aromatic N) is 2. The van der Waals surface area contributed by atoms with Gasteiger partial charge in [-0.3, -0.25) is 14.8 Å². The maximum absolute atomic E-state index is 11.3. The molecule has 1 amide bonds. The van der Waals surface area contributed by atoms with Crippen LogP contribution in [0.1, 0.15) is 10.4 Å². The van der Waals surface area contributed by atoms with Gasteiger partial charge in [0.15, 0.2) is 0 Å². The maximum Gasteiger partial charge on any atom is 0.248 e. The molecule has 0 aliphatic carbocycles. The molecule has 1 aromatic heterocycles. The first kappa shape index (κ1) is 12.6. The fourth-order valence-electron chi connectivity index (χ4n) is 2.10. The van der Waals surface area contributed by atoms with Gasteiger partial charge in [-0.25, -0.2) is 0 Å². The smallest absolute Gasteiger partial charge is 0.248 e. The summed E-state index contributed by atoms with van der Waals surface area (Å²) in [7, 11) is 0. The molecule has 0 saturated carbocycles. The zero-order chi connectivity index (χ0) is 14.1. The molecule has 98 valence electrons. The highest BCUT2D eigenvalue weighted by molar-refractivity contribution is 6.31. The van der Waals surface area contributed by atoms with Crippen LogP contribution in [0.5, 0.6) is 0 Å². The molecule has 0 spiro atoms. The Morgan fingerprint density at radius 2 is 1.90 bits per heavy atom. The number of rotatable bonds is 2. The summed E-state index contributed by atoms with van der Waals surface area (Å²) in [5.41, 5.74) is 8.85. The number of amides is 1. The lowest BCUT2D eigenvalue weighted by Crippen LogP contribution is -2.10. The van der Waals surface area contributed by atoms with Gasteiger partial charge >= 0.3 is 0 Å². The molecule has 0 unspecified atom stereocenters. The number of carbonyl (C=O) groups excluding carboxylic acids is 1. The van der Waals surface area contributed by atoms with E-state index in [9.17, 15) is 4.79 Å². The third-order valence-corrected chi connectivity index (χ3v) is 3.21. The normalized spacial score (nSPS) is 10.7. The lowest BCUT2D eigenvalue weighted by Gasteiger charge is -2.07. The van der Waals surface area contributed by atoms with Crippen molar-refractivity contribution in [1.82, 2.24) is 9.97 Å². The van der Waals surface area contributed by atoms with E-state index in [0.717, 1.165) is 16.6 Å². The number of hydrogen-bond acceptors (Lipinski definition) is 3. The van der Waals surface area contributed by atoms with Crippen molar-refractivity contribution < 1.29 is 4.79 Å². The zero-order valence-electron chi connectivity index (χ0n) is 10.4. The zero-order valence-corrected chi connectivity index (χ0v) is 11.1. The van der Waals surface area contributed by atoms with Gasteiger partial charge in [-0.05, 0) is 29.8 Å². The van der Waals surface area contributed by atoms with E-state index in [1.165, 1.54) is 0 Å². The van der Waals surface area contributed by atoms with E-state index in [-0.39, 0.29) is 0 Å². The van der Waals surface area contributed by atoms with Crippen molar-refractivity contribution in [3.8, 4) is 11.1 Å². The Kier molecular flexibility index (Phi) is 3.08. The fraction of sp³-hybridized carbons (Fsp3) is 0. The van der Waals surface area contributed by atoms with Gasteiger partial charge in [0.1, 0.15) is 0 Å². The van der Waals surface area contributed by atoms with E-state index in [4.69, 9.17) is 17.3 Å². The Labute approximate surface area is 120 Å². The number of carbonyl (C=O) groups is 1. The molecule has 0 saturated heterocycles. The molecule has 2 N–H and O–H groups in total. The third kappa shape index (κ3) is 2.21. The highest BCUT2D eigenvalue weighted by Gasteiger charge is 2.09. The lowest BCUT2D eigenvalue weighted by atomic mass is 10.0. The Hall–Kier alpha value is -2.46. The quantitative estimate of drug-likeness (QED) is 0.786. The van der Waals surface area contributed by atoms with Crippen molar-refractivity contribution in [2.45, 2.75) is 0 Å². The van der Waals surface area contributed by atoms with E-state index in [2.05, 4.69) is 9.97 Å². The monoisotopic (exact) mass is 283 g/mol. The Morgan fingerprint density at radius 1 is 1.10 bits per heavy atom. The van der Waals surface area contributed by atoms with Gasteiger partial charge in [0, 0.05) is 28.5 Å². The van der Waals surface area contributed by atoms with Gasteiger partial charge in [-0.2, -0.15) is 0 Å². The molecule has 1 heterocycles. The first-order valence-electron chi connectivity index (χ1n) is 5.95. The number of halogens is 1. The summed E-state index contributed by atoms with van der Waals surface area (Å²) in [6, 6.07) is 10.6. The average molecular weight is 284 g/mol. The third-order valence-electron chi connectivity index (χ3n) is 3.00. The molecule has 0 atom stereocenters. The first-order chi connectivity index (χ1) is 9.65. The van der Waals surface area contributed by atoms with Crippen LogP contribution in [0.2, 0.25) is 5.02 Å². The van der Waals surface area contributed by atoms with Gasteiger partial charge in [-0.1, -0.05) is 23.7 Å². The van der Waals surface area contributed by atoms with E-state index in [0.29, 0.717) is 16.1 Å². The summed E-state index contributed by atoms with van der Waals surface area (Å²) in [5, 5.41) is 0.567. The largest absolute Gasteiger partial charge is 0.366 e. The molecule has 0 aliphatic rings. The second-order valence-electron chi connectivity index (χ2n) is 4.32. The fourth-order valence-corrected chi connectivity index (χ4v) is 2.31. The highest BCUT2D eigenvalue weighted by Crippen LogP contribution is 2.30. The number of fused-ring (bicyclic) bond motifs is 1. The van der Waals surface area contributed by atoms with Crippen LogP contribution >= 0.6 is 11.6 Å². The first-order valence-corrected chi connectivity index (χ1v) is 6.33. The maximum atomic E-state index is 11.3. The van der Waals surface area contributed by atoms with Gasteiger partial charge in [0.2, 0.25) is 5.91 Å². The minimum absolute atomic E-state index is 0.444. The minimum Gasteiger partial charge on any atom is -0.366 e. The molecule has 3 aromatic rings. The molecule has 5 heteroatoms. The van der Waals surface area contributed by atoms with Gasteiger partial charge in [-0.15, -0.1) is 0 Å². The van der Waals surface area contributed by atoms with Crippen LogP contribution in [0.3, 0.4) is 0 Å². The molecular weight excluding hydrogens is 274 g/mol. The molecule has 2 aromatic carbocycles. The lowest BCUT2D eigenvalue weighted by molar-refractivity contribution is 0.100. The number of nitrogens with two attached hydrogens (primary N) is 1. The molecule has 0 radical (unpaired) electrons. The van der Waals surface area contributed by atoms with Crippen molar-refractivity contribution in [1.29, 1.82) is 0 Å². The van der Waals surface area contributed by atoms with Gasteiger partial charge < -0.3 is 5.73 Å². The van der Waals surface area contributed by atoms with Crippen LogP contribution in [0.25, 0.3) is 22.2 Å². The average Bonchev–Trinajstić information content (AvgIpc) is 2.46. The van der Waals surface area contributed by atoms with Crippen molar-refractivity contribution in [3.05, 3.63) is 59.4 Å². The molecule has 0 aliphatic heterocycles. The number of primary amides is 1. The van der Waals surface area contributed by atoms with Crippen LogP contribution in [0.15, 0.2) is 48.8 Å². The van der Waals surface area contributed by atoms with Crippen molar-refractivity contribution in [3.63, 3.8) is 0 Å². The summed E-state index contributed by atoms with van der Waals surface area (Å²) in [4.78, 5) is 19.9. The second-order valence-corrected chi connectivity index (χ2v) is 4.76. The van der Waals surface area contributed by atoms with Gasteiger partial charge in [0.25, 0.3) is 0 Å². The number of aromatic nitrogens is 2. The Balaban J connectivity index is 2.29. The summed E-state index contributed by atoms with van der Waals surface area (Å²) in [6.45, 7) is 0. The van der Waals surface area contributed by atoms with Crippen molar-refractivity contribution >= 4 is 28.5 Å². The molecule has 0 fully saturated rings. The number of benzene rings is 2. The summed E-state index contributed by atoms with van der Waals surface area (Å²) >= 11 is 6.12. The molecule has 20 heavy (non-hydrogen) atoms. The molecule has 0 bridgehead atoms. The van der Waals surface area contributed by atoms with Crippen LogP contribution in [0.4, 0.5) is 0 Å². The van der Waals surface area contributed by atoms with E-state index >= 15 is 0 Å².